The third-order valence-corrected chi connectivity index (χ3v) is 6.44. The van der Waals surface area contributed by atoms with Crippen LogP contribution in [-0.2, 0) is 14.2 Å². The van der Waals surface area contributed by atoms with Gasteiger partial charge in [0.05, 0.1) is 36.0 Å². The largest absolute Gasteiger partial charge is 0.458 e. The maximum atomic E-state index is 12.8. The summed E-state index contributed by atoms with van der Waals surface area (Å²) in [5.41, 5.74) is 0.753. The van der Waals surface area contributed by atoms with Gasteiger partial charge in [-0.25, -0.2) is 9.59 Å². The van der Waals surface area contributed by atoms with Crippen LogP contribution in [0.5, 0.6) is 0 Å². The number of rotatable bonds is 12. The molecule has 1 aliphatic heterocycles. The maximum Gasteiger partial charge on any atom is 0.338 e. The average molecular weight is 487 g/mol. The number of hydrogen-bond donors (Lipinski definition) is 3. The molecule has 8 heteroatoms. The van der Waals surface area contributed by atoms with Gasteiger partial charge in [0.1, 0.15) is 12.7 Å². The predicted molar refractivity (Wildman–Crippen MR) is 128 cm³/mol. The van der Waals surface area contributed by atoms with Gasteiger partial charge >= 0.3 is 11.9 Å². The number of esters is 2. The summed E-state index contributed by atoms with van der Waals surface area (Å²) in [6.45, 7) is 1.28. The highest BCUT2D eigenvalue weighted by atomic mass is 16.6. The van der Waals surface area contributed by atoms with Crippen molar-refractivity contribution >= 4 is 11.9 Å². The van der Waals surface area contributed by atoms with Gasteiger partial charge in [0.25, 0.3) is 0 Å². The highest BCUT2D eigenvalue weighted by Crippen LogP contribution is 2.39. The number of aliphatic hydroxyl groups excluding tert-OH is 3. The van der Waals surface area contributed by atoms with Crippen molar-refractivity contribution < 1.29 is 39.1 Å². The second kappa shape index (κ2) is 13.3. The molecule has 1 saturated heterocycles. The van der Waals surface area contributed by atoms with E-state index in [0.29, 0.717) is 17.5 Å². The van der Waals surface area contributed by atoms with Crippen molar-refractivity contribution in [3.8, 4) is 0 Å². The van der Waals surface area contributed by atoms with Crippen molar-refractivity contribution in [3.05, 3.63) is 71.8 Å². The van der Waals surface area contributed by atoms with Crippen molar-refractivity contribution in [1.82, 2.24) is 0 Å². The Labute approximate surface area is 205 Å². The number of hydrogen-bond acceptors (Lipinski definition) is 8. The summed E-state index contributed by atoms with van der Waals surface area (Å²) in [4.78, 5) is 25.2. The fourth-order valence-electron chi connectivity index (χ4n) is 4.63. The first-order chi connectivity index (χ1) is 17.0. The molecule has 3 rings (SSSR count). The van der Waals surface area contributed by atoms with Gasteiger partial charge in [-0.3, -0.25) is 0 Å². The van der Waals surface area contributed by atoms with Crippen LogP contribution in [-0.4, -0.2) is 71.5 Å². The molecule has 0 amide bonds. The van der Waals surface area contributed by atoms with E-state index in [1.165, 1.54) is 0 Å². The third-order valence-electron chi connectivity index (χ3n) is 6.44. The summed E-state index contributed by atoms with van der Waals surface area (Å²) in [5.74, 6) is -1.38. The van der Waals surface area contributed by atoms with Gasteiger partial charge in [-0.1, -0.05) is 49.7 Å². The lowest BCUT2D eigenvalue weighted by Gasteiger charge is -2.25. The Morgan fingerprint density at radius 1 is 0.886 bits per heavy atom. The molecule has 0 radical (unpaired) electrons. The van der Waals surface area contributed by atoms with Crippen LogP contribution >= 0.6 is 0 Å². The average Bonchev–Trinajstić information content (AvgIpc) is 3.23. The van der Waals surface area contributed by atoms with E-state index >= 15 is 0 Å². The summed E-state index contributed by atoms with van der Waals surface area (Å²) in [6.07, 6.45) is -1.43. The Hall–Kier alpha value is -2.78. The number of aliphatic hydroxyl groups is 3. The molecule has 0 aliphatic carbocycles. The monoisotopic (exact) mass is 486 g/mol. The van der Waals surface area contributed by atoms with Crippen molar-refractivity contribution in [3.63, 3.8) is 0 Å². The quantitative estimate of drug-likeness (QED) is 0.391. The Bertz CT molecular complexity index is 919. The summed E-state index contributed by atoms with van der Waals surface area (Å²) in [7, 11) is 0. The molecule has 2 aromatic carbocycles. The summed E-state index contributed by atoms with van der Waals surface area (Å²) in [6, 6.07) is 17.0. The lowest BCUT2D eigenvalue weighted by atomic mass is 9.82. The fourth-order valence-corrected chi connectivity index (χ4v) is 4.63. The van der Waals surface area contributed by atoms with Crippen molar-refractivity contribution in [2.75, 3.05) is 19.8 Å². The van der Waals surface area contributed by atoms with Gasteiger partial charge in [-0.2, -0.15) is 0 Å². The molecular weight excluding hydrogens is 452 g/mol. The second-order valence-corrected chi connectivity index (χ2v) is 8.80. The highest BCUT2D eigenvalue weighted by Gasteiger charge is 2.44. The zero-order chi connectivity index (χ0) is 25.2. The smallest absolute Gasteiger partial charge is 0.338 e. The summed E-state index contributed by atoms with van der Waals surface area (Å²) >= 11 is 0. The summed E-state index contributed by atoms with van der Waals surface area (Å²) in [5, 5.41) is 29.3. The minimum atomic E-state index is -0.925. The predicted octanol–water partition coefficient (Wildman–Crippen LogP) is 2.60. The Morgan fingerprint density at radius 2 is 1.46 bits per heavy atom. The molecule has 190 valence electrons. The Balaban J connectivity index is 1.74. The lowest BCUT2D eigenvalue weighted by Crippen LogP contribution is -2.33. The molecule has 2 unspecified atom stereocenters. The van der Waals surface area contributed by atoms with E-state index in [4.69, 9.17) is 14.2 Å². The minimum Gasteiger partial charge on any atom is -0.458 e. The standard InChI is InChI=1S/C27H34O8/c1-2-22-23(16-29)25(35-24(22)13-20(30)15-28)14-21(34-27(32)19-11-7-4-8-12-19)17-33-26(31)18-9-5-3-6-10-18/h3-12,20-25,28-30H,2,13-17H2,1H3/t20?,21?,22-,23-,24+,25-/m1/s1. The van der Waals surface area contributed by atoms with Crippen molar-refractivity contribution in [2.24, 2.45) is 11.8 Å². The van der Waals surface area contributed by atoms with Gasteiger partial charge in [0.2, 0.25) is 0 Å². The topological polar surface area (TPSA) is 123 Å². The lowest BCUT2D eigenvalue weighted by molar-refractivity contribution is -0.0487. The van der Waals surface area contributed by atoms with Crippen LogP contribution in [0, 0.1) is 11.8 Å². The van der Waals surface area contributed by atoms with Crippen LogP contribution in [0.1, 0.15) is 46.9 Å². The fraction of sp³-hybridized carbons (Fsp3) is 0.481. The molecule has 6 atom stereocenters. The van der Waals surface area contributed by atoms with E-state index in [0.717, 1.165) is 0 Å². The second-order valence-electron chi connectivity index (χ2n) is 8.80. The van der Waals surface area contributed by atoms with Gasteiger partial charge in [-0.05, 0) is 30.2 Å². The first-order valence-corrected chi connectivity index (χ1v) is 12.0. The van der Waals surface area contributed by atoms with Gasteiger partial charge in [-0.15, -0.1) is 0 Å². The number of carbonyl (C=O) groups excluding carboxylic acids is 2. The SMILES string of the molecule is CC[C@@H]1[C@@H](CO)[C@@H](CC(COC(=O)c2ccccc2)OC(=O)c2ccccc2)O[C@H]1CC(O)CO. The molecule has 35 heavy (non-hydrogen) atoms. The van der Waals surface area contributed by atoms with E-state index in [9.17, 15) is 24.9 Å². The maximum absolute atomic E-state index is 12.8. The first kappa shape index (κ1) is 26.8. The first-order valence-electron chi connectivity index (χ1n) is 12.0. The molecule has 1 fully saturated rings. The van der Waals surface area contributed by atoms with E-state index in [1.54, 1.807) is 60.7 Å². The van der Waals surface area contributed by atoms with E-state index in [-0.39, 0.29) is 50.6 Å². The van der Waals surface area contributed by atoms with E-state index in [2.05, 4.69) is 0 Å². The normalized spacial score (nSPS) is 23.4. The molecule has 0 saturated carbocycles. The van der Waals surface area contributed by atoms with Crippen molar-refractivity contribution in [2.45, 2.75) is 50.6 Å². The summed E-state index contributed by atoms with van der Waals surface area (Å²) < 4.78 is 17.4. The van der Waals surface area contributed by atoms with E-state index in [1.807, 2.05) is 6.92 Å². The zero-order valence-corrected chi connectivity index (χ0v) is 19.9. The third kappa shape index (κ3) is 7.35. The minimum absolute atomic E-state index is 0.0384. The van der Waals surface area contributed by atoms with Crippen LogP contribution in [0.15, 0.2) is 60.7 Å². The molecule has 0 spiro atoms. The zero-order valence-electron chi connectivity index (χ0n) is 19.9. The van der Waals surface area contributed by atoms with Crippen LogP contribution in [0.2, 0.25) is 0 Å². The molecule has 8 nitrogen and oxygen atoms in total. The van der Waals surface area contributed by atoms with Crippen molar-refractivity contribution in [1.29, 1.82) is 0 Å². The van der Waals surface area contributed by atoms with Crippen LogP contribution in [0.4, 0.5) is 0 Å². The molecular formula is C27H34O8. The van der Waals surface area contributed by atoms with E-state index < -0.39 is 30.3 Å². The van der Waals surface area contributed by atoms with Gasteiger partial charge in [0.15, 0.2) is 0 Å². The van der Waals surface area contributed by atoms with Gasteiger partial charge in [0, 0.05) is 25.4 Å². The van der Waals surface area contributed by atoms with Gasteiger partial charge < -0.3 is 29.5 Å². The molecule has 3 N–H and O–H groups in total. The van der Waals surface area contributed by atoms with Crippen LogP contribution in [0.3, 0.4) is 0 Å². The molecule has 0 bridgehead atoms. The Kier molecular flexibility index (Phi) is 10.2. The number of ether oxygens (including phenoxy) is 3. The highest BCUT2D eigenvalue weighted by molar-refractivity contribution is 5.90. The van der Waals surface area contributed by atoms with Crippen LogP contribution < -0.4 is 0 Å². The van der Waals surface area contributed by atoms with Crippen LogP contribution in [0.25, 0.3) is 0 Å². The molecule has 0 aromatic heterocycles. The molecule has 2 aromatic rings. The molecule has 1 heterocycles. The Morgan fingerprint density at radius 3 is 2.00 bits per heavy atom. The molecule has 1 aliphatic rings. The number of carbonyl (C=O) groups is 2. The number of benzene rings is 2.